The molecule has 7 heteroatoms. The van der Waals surface area contributed by atoms with Gasteiger partial charge in [0.15, 0.2) is 0 Å². The van der Waals surface area contributed by atoms with E-state index in [1.807, 2.05) is 30.3 Å². The second-order valence-electron chi connectivity index (χ2n) is 6.36. The molecule has 26 heavy (non-hydrogen) atoms. The van der Waals surface area contributed by atoms with E-state index in [2.05, 4.69) is 28.5 Å². The molecule has 137 valence electrons. The van der Waals surface area contributed by atoms with Crippen molar-refractivity contribution in [1.82, 2.24) is 5.32 Å². The van der Waals surface area contributed by atoms with E-state index in [0.717, 1.165) is 15.5 Å². The van der Waals surface area contributed by atoms with E-state index >= 15 is 0 Å². The minimum atomic E-state index is -0.530. The monoisotopic (exact) mass is 404 g/mol. The van der Waals surface area contributed by atoms with Crippen LogP contribution in [0.2, 0.25) is 0 Å². The summed E-state index contributed by atoms with van der Waals surface area (Å²) in [7, 11) is 3.87. The number of aromatic hydroxyl groups is 1. The molecular weight excluding hydrogens is 382 g/mol. The van der Waals surface area contributed by atoms with Crippen molar-refractivity contribution in [2.75, 3.05) is 18.9 Å². The summed E-state index contributed by atoms with van der Waals surface area (Å²) in [6.07, 6.45) is -0.530. The number of thioether (sulfide) groups is 2. The number of phenolic OH excluding ortho intramolecular Hbond substituents is 1. The van der Waals surface area contributed by atoms with Gasteiger partial charge < -0.3 is 20.3 Å². The largest absolute Gasteiger partial charge is 0.507 e. The van der Waals surface area contributed by atoms with Crippen LogP contribution in [-0.4, -0.2) is 55.9 Å². The maximum absolute atomic E-state index is 10.3. The minimum absolute atomic E-state index is 0.0290. The molecule has 0 saturated carbocycles. The van der Waals surface area contributed by atoms with E-state index in [1.54, 1.807) is 23.9 Å². The molecule has 0 fully saturated rings. The lowest BCUT2D eigenvalue weighted by atomic mass is 10.2. The van der Waals surface area contributed by atoms with Gasteiger partial charge in [-0.05, 0) is 24.3 Å². The Morgan fingerprint density at radius 1 is 1.31 bits per heavy atom. The van der Waals surface area contributed by atoms with Crippen LogP contribution in [0, 0.1) is 0 Å². The van der Waals surface area contributed by atoms with Crippen molar-refractivity contribution in [3.05, 3.63) is 48.5 Å². The Labute approximate surface area is 166 Å². The zero-order valence-corrected chi connectivity index (χ0v) is 17.1. The normalized spacial score (nSPS) is 23.6. The average molecular weight is 405 g/mol. The molecule has 0 spiro atoms. The topological polar surface area (TPSA) is 61.7 Å². The number of hydrogen-bond donors (Lipinski definition) is 3. The Morgan fingerprint density at radius 2 is 2.04 bits per heavy atom. The van der Waals surface area contributed by atoms with Crippen LogP contribution in [0.15, 0.2) is 58.3 Å². The highest BCUT2D eigenvalue weighted by atomic mass is 32.2. The zero-order chi connectivity index (χ0) is 18.6. The highest BCUT2D eigenvalue weighted by Crippen LogP contribution is 2.41. The second-order valence-corrected chi connectivity index (χ2v) is 10.3. The molecule has 0 unspecified atom stereocenters. The van der Waals surface area contributed by atoms with Crippen molar-refractivity contribution in [3.8, 4) is 11.5 Å². The van der Waals surface area contributed by atoms with Crippen molar-refractivity contribution in [2.24, 2.45) is 0 Å². The number of benzene rings is 2. The molecule has 1 aliphatic rings. The first-order valence-corrected chi connectivity index (χ1v) is 10.7. The highest BCUT2D eigenvalue weighted by molar-refractivity contribution is 8.02. The van der Waals surface area contributed by atoms with E-state index in [4.69, 9.17) is 4.74 Å². The molecule has 4 nitrogen and oxygen atoms in total. The van der Waals surface area contributed by atoms with Gasteiger partial charge in [-0.1, -0.05) is 31.2 Å². The number of hydrogen-bond acceptors (Lipinski definition) is 6. The van der Waals surface area contributed by atoms with Crippen LogP contribution in [0.3, 0.4) is 0 Å². The molecule has 3 radical (unpaired) electrons. The third kappa shape index (κ3) is 4.98. The standard InChI is InChI=1S/C19H22NO3S2Si/c1-19(26)18(11-23-15-7-3-5-9-17(15)25-19)20-10-13(21)12-24-16-8-4-2-6-14(16)22/h2-9,13,18,20-22H,10-12H2,1H3/t13-,18+,19+/m0/s1. The van der Waals surface area contributed by atoms with Crippen molar-refractivity contribution in [3.63, 3.8) is 0 Å². The van der Waals surface area contributed by atoms with Gasteiger partial charge in [-0.2, -0.15) is 0 Å². The summed E-state index contributed by atoms with van der Waals surface area (Å²) in [5.41, 5.74) is 0. The van der Waals surface area contributed by atoms with Gasteiger partial charge in [0.1, 0.15) is 18.1 Å². The number of fused-ring (bicyclic) bond motifs is 1. The number of phenols is 1. The lowest BCUT2D eigenvalue weighted by molar-refractivity contribution is 0.178. The predicted octanol–water partition coefficient (Wildman–Crippen LogP) is 2.87. The highest BCUT2D eigenvalue weighted by Gasteiger charge is 2.34. The van der Waals surface area contributed by atoms with Gasteiger partial charge in [-0.25, -0.2) is 0 Å². The Hall–Kier alpha value is -1.12. The summed E-state index contributed by atoms with van der Waals surface area (Å²) in [6.45, 7) is 3.08. The maximum Gasteiger partial charge on any atom is 0.132 e. The smallest absolute Gasteiger partial charge is 0.132 e. The molecule has 0 bridgehead atoms. The van der Waals surface area contributed by atoms with Gasteiger partial charge in [0.05, 0.1) is 12.1 Å². The Morgan fingerprint density at radius 3 is 2.85 bits per heavy atom. The first-order chi connectivity index (χ1) is 12.5. The summed E-state index contributed by atoms with van der Waals surface area (Å²) in [6, 6.07) is 15.2. The number of para-hydroxylation sites is 2. The first-order valence-electron chi connectivity index (χ1n) is 8.44. The van der Waals surface area contributed by atoms with E-state index < -0.39 is 6.10 Å². The summed E-state index contributed by atoms with van der Waals surface area (Å²) in [4.78, 5) is 1.88. The second kappa shape index (κ2) is 8.71. The van der Waals surface area contributed by atoms with Crippen LogP contribution in [0.4, 0.5) is 0 Å². The first kappa shape index (κ1) is 19.6. The van der Waals surface area contributed by atoms with Crippen LogP contribution >= 0.6 is 23.5 Å². The van der Waals surface area contributed by atoms with Crippen LogP contribution in [0.5, 0.6) is 11.5 Å². The Bertz CT molecular complexity index is 744. The van der Waals surface area contributed by atoms with Gasteiger partial charge in [-0.3, -0.25) is 0 Å². The maximum atomic E-state index is 10.3. The van der Waals surface area contributed by atoms with E-state index in [9.17, 15) is 10.2 Å². The molecule has 0 saturated heterocycles. The molecule has 2 aromatic carbocycles. The Kier molecular flexibility index (Phi) is 6.58. The van der Waals surface area contributed by atoms with Crippen LogP contribution in [0.1, 0.15) is 6.92 Å². The van der Waals surface area contributed by atoms with Gasteiger partial charge in [0.25, 0.3) is 0 Å². The van der Waals surface area contributed by atoms with Crippen molar-refractivity contribution in [2.45, 2.75) is 33.2 Å². The summed E-state index contributed by atoms with van der Waals surface area (Å²) < 4.78 is 5.69. The van der Waals surface area contributed by atoms with Crippen LogP contribution < -0.4 is 10.1 Å². The number of ether oxygens (including phenoxy) is 1. The molecular formula is C19H22NO3S2Si. The van der Waals surface area contributed by atoms with Gasteiger partial charge in [0.2, 0.25) is 0 Å². The lowest BCUT2D eigenvalue weighted by Crippen LogP contribution is -2.52. The van der Waals surface area contributed by atoms with Gasteiger partial charge in [-0.15, -0.1) is 23.5 Å². The van der Waals surface area contributed by atoms with Crippen LogP contribution in [-0.2, 0) is 0 Å². The van der Waals surface area contributed by atoms with E-state index in [1.165, 1.54) is 11.8 Å². The SMILES string of the molecule is C[C@]1([Si])Sc2ccccc2OC[C@H]1NC[C@H](O)CSc1ccccc1O. The van der Waals surface area contributed by atoms with Crippen molar-refractivity contribution < 1.29 is 14.9 Å². The lowest BCUT2D eigenvalue weighted by Gasteiger charge is -2.32. The molecule has 0 aliphatic carbocycles. The summed E-state index contributed by atoms with van der Waals surface area (Å²) in [5.74, 6) is 1.64. The molecule has 1 heterocycles. The van der Waals surface area contributed by atoms with Crippen LogP contribution in [0.25, 0.3) is 0 Å². The van der Waals surface area contributed by atoms with Crippen molar-refractivity contribution >= 4 is 33.8 Å². The number of aliphatic hydroxyl groups excluding tert-OH is 1. The molecule has 3 N–H and O–H groups in total. The van der Waals surface area contributed by atoms with Gasteiger partial charge >= 0.3 is 0 Å². The molecule has 2 aromatic rings. The fourth-order valence-electron chi connectivity index (χ4n) is 2.64. The average Bonchev–Trinajstić information content (AvgIpc) is 2.74. The molecule has 0 amide bonds. The fourth-order valence-corrected chi connectivity index (χ4v) is 5.16. The van der Waals surface area contributed by atoms with Gasteiger partial charge in [0, 0.05) is 36.7 Å². The molecule has 3 atom stereocenters. The third-order valence-corrected chi connectivity index (χ3v) is 7.27. The number of nitrogens with one attached hydrogen (secondary N) is 1. The predicted molar refractivity (Wildman–Crippen MR) is 109 cm³/mol. The molecule has 0 aromatic heterocycles. The van der Waals surface area contributed by atoms with E-state index in [0.29, 0.717) is 18.9 Å². The fraction of sp³-hybridized carbons (Fsp3) is 0.368. The third-order valence-electron chi connectivity index (χ3n) is 4.14. The summed E-state index contributed by atoms with van der Waals surface area (Å²) >= 11 is 3.16. The zero-order valence-electron chi connectivity index (χ0n) is 14.5. The van der Waals surface area contributed by atoms with Crippen molar-refractivity contribution in [1.29, 1.82) is 0 Å². The minimum Gasteiger partial charge on any atom is -0.507 e. The summed E-state index contributed by atoms with van der Waals surface area (Å²) in [5, 5.41) is 23.5. The quantitative estimate of drug-likeness (QED) is 0.508. The Balaban J connectivity index is 1.53. The number of aliphatic hydroxyl groups is 1. The number of rotatable bonds is 6. The molecule has 1 aliphatic heterocycles. The van der Waals surface area contributed by atoms with E-state index in [-0.39, 0.29) is 16.2 Å². The molecule has 3 rings (SSSR count).